The highest BCUT2D eigenvalue weighted by atomic mass is 35.5. The summed E-state index contributed by atoms with van der Waals surface area (Å²) in [4.78, 5) is 44.7. The van der Waals surface area contributed by atoms with E-state index in [-0.39, 0.29) is 28.9 Å². The molecule has 1 unspecified atom stereocenters. The third kappa shape index (κ3) is 11.3. The quantitative estimate of drug-likeness (QED) is 0.0368. The van der Waals surface area contributed by atoms with E-state index in [1.54, 1.807) is 48.5 Å². The van der Waals surface area contributed by atoms with Crippen molar-refractivity contribution in [2.24, 2.45) is 0 Å². The van der Waals surface area contributed by atoms with E-state index in [4.69, 9.17) is 26.4 Å². The van der Waals surface area contributed by atoms with E-state index in [1.807, 2.05) is 60.0 Å². The summed E-state index contributed by atoms with van der Waals surface area (Å²) in [6, 6.07) is 27.7. The summed E-state index contributed by atoms with van der Waals surface area (Å²) < 4.78 is 9.33. The van der Waals surface area contributed by atoms with Gasteiger partial charge in [-0.3, -0.25) is 14.3 Å². The minimum absolute atomic E-state index is 0.0462. The molecule has 0 aliphatic carbocycles. The van der Waals surface area contributed by atoms with Gasteiger partial charge in [-0.2, -0.15) is 5.10 Å². The van der Waals surface area contributed by atoms with Gasteiger partial charge in [0.05, 0.1) is 27.4 Å². The summed E-state index contributed by atoms with van der Waals surface area (Å²) in [5.74, 6) is -0.864. The van der Waals surface area contributed by atoms with E-state index >= 15 is 0 Å². The molecule has 13 heteroatoms. The van der Waals surface area contributed by atoms with Gasteiger partial charge in [0.2, 0.25) is 5.91 Å². The molecular formula is C47H54ClN7O5. The molecule has 314 valence electrons. The van der Waals surface area contributed by atoms with Crippen LogP contribution >= 0.6 is 11.6 Å². The molecule has 12 nitrogen and oxygen atoms in total. The number of carboxylic acid groups (broad SMARTS) is 1. The Morgan fingerprint density at radius 2 is 1.47 bits per heavy atom. The van der Waals surface area contributed by atoms with E-state index in [0.717, 1.165) is 24.8 Å². The Labute approximate surface area is 356 Å². The second kappa shape index (κ2) is 21.7. The van der Waals surface area contributed by atoms with Crippen LogP contribution in [0.5, 0.6) is 5.75 Å². The SMILES string of the molecule is CCCCCCCCCCCCC(=O)Nc1ccccc1OCNc1ccc(Cl)c(NC(=O)C(c2nc3ccccc3n2CC)n2cc(C(=O)O)c(-c3ccccc3)n2)c1. The number of aromatic nitrogens is 4. The van der Waals surface area contributed by atoms with Crippen molar-refractivity contribution in [3.63, 3.8) is 0 Å². The lowest BCUT2D eigenvalue weighted by Crippen LogP contribution is -2.30. The molecule has 6 rings (SSSR count). The number of fused-ring (bicyclic) bond motifs is 1. The topological polar surface area (TPSA) is 152 Å². The van der Waals surface area contributed by atoms with Gasteiger partial charge in [-0.25, -0.2) is 9.78 Å². The summed E-state index contributed by atoms with van der Waals surface area (Å²) in [5.41, 5.74) is 3.76. The van der Waals surface area contributed by atoms with Crippen LogP contribution in [0.4, 0.5) is 17.1 Å². The molecule has 0 spiro atoms. The maximum absolute atomic E-state index is 14.5. The molecule has 0 fully saturated rings. The van der Waals surface area contributed by atoms with Crippen LogP contribution < -0.4 is 20.7 Å². The Balaban J connectivity index is 1.12. The van der Waals surface area contributed by atoms with Crippen molar-refractivity contribution in [1.82, 2.24) is 19.3 Å². The number of carboxylic acids is 1. The highest BCUT2D eigenvalue weighted by Crippen LogP contribution is 2.32. The first-order valence-electron chi connectivity index (χ1n) is 21.0. The smallest absolute Gasteiger partial charge is 0.339 e. The number of anilines is 3. The van der Waals surface area contributed by atoms with Gasteiger partial charge in [0.25, 0.3) is 5.91 Å². The molecule has 0 radical (unpaired) electrons. The number of nitrogens with zero attached hydrogens (tertiary/aromatic N) is 4. The first-order valence-corrected chi connectivity index (χ1v) is 21.3. The van der Waals surface area contributed by atoms with Crippen molar-refractivity contribution in [2.75, 3.05) is 22.7 Å². The molecule has 4 aromatic carbocycles. The van der Waals surface area contributed by atoms with Gasteiger partial charge in [-0.15, -0.1) is 0 Å². The lowest BCUT2D eigenvalue weighted by Gasteiger charge is -2.19. The zero-order valence-electron chi connectivity index (χ0n) is 34.3. The first-order chi connectivity index (χ1) is 29.3. The zero-order valence-corrected chi connectivity index (χ0v) is 35.1. The van der Waals surface area contributed by atoms with Crippen LogP contribution in [0.1, 0.15) is 107 Å². The predicted octanol–water partition coefficient (Wildman–Crippen LogP) is 11.2. The van der Waals surface area contributed by atoms with Crippen molar-refractivity contribution >= 4 is 57.5 Å². The molecule has 4 N–H and O–H groups in total. The number of hydrogen-bond donors (Lipinski definition) is 4. The standard InChI is InChI=1S/C47H54ClN7O5/c1-3-5-6-7-8-9-10-11-12-16-27-42(56)50-38-24-18-20-26-41(38)60-32-49-34-28-29-36(48)39(30-34)52-46(57)44(45-51-37-23-17-19-25-40(37)54(45)4-2)55-31-35(47(58)59)43(53-55)33-21-14-13-15-22-33/h13-15,17-26,28-31,44,49H,3-12,16,27,32H2,1-2H3,(H,50,56)(H,52,57)(H,58,59). The first kappa shape index (κ1) is 43.4. The third-order valence-electron chi connectivity index (χ3n) is 10.4. The van der Waals surface area contributed by atoms with E-state index in [1.165, 1.54) is 55.8 Å². The highest BCUT2D eigenvalue weighted by Gasteiger charge is 2.32. The number of nitrogens with one attached hydrogen (secondary N) is 3. The molecule has 0 saturated heterocycles. The number of para-hydroxylation sites is 4. The van der Waals surface area contributed by atoms with Crippen molar-refractivity contribution in [3.8, 4) is 17.0 Å². The summed E-state index contributed by atoms with van der Waals surface area (Å²) in [5, 5.41) is 24.3. The van der Waals surface area contributed by atoms with E-state index < -0.39 is 17.9 Å². The van der Waals surface area contributed by atoms with Crippen molar-refractivity contribution in [1.29, 1.82) is 0 Å². The van der Waals surface area contributed by atoms with Crippen LogP contribution in [0.3, 0.4) is 0 Å². The van der Waals surface area contributed by atoms with Crippen molar-refractivity contribution < 1.29 is 24.2 Å². The molecule has 0 aliphatic heterocycles. The lowest BCUT2D eigenvalue weighted by molar-refractivity contribution is -0.118. The fourth-order valence-electron chi connectivity index (χ4n) is 7.29. The van der Waals surface area contributed by atoms with Crippen molar-refractivity contribution in [2.45, 2.75) is 97.1 Å². The Kier molecular flexibility index (Phi) is 15.7. The zero-order chi connectivity index (χ0) is 42.3. The number of amides is 2. The number of aryl methyl sites for hydroxylation is 1. The maximum Gasteiger partial charge on any atom is 0.339 e. The van der Waals surface area contributed by atoms with Crippen LogP contribution in [0.15, 0.2) is 103 Å². The number of benzene rings is 4. The Morgan fingerprint density at radius 1 is 0.783 bits per heavy atom. The Hall–Kier alpha value is -6.14. The molecule has 0 bridgehead atoms. The van der Waals surface area contributed by atoms with Crippen LogP contribution in [-0.2, 0) is 16.1 Å². The molecule has 2 heterocycles. The molecule has 60 heavy (non-hydrogen) atoms. The number of unbranched alkanes of at least 4 members (excludes halogenated alkanes) is 9. The van der Waals surface area contributed by atoms with E-state index in [0.29, 0.717) is 52.7 Å². The van der Waals surface area contributed by atoms with Crippen LogP contribution in [-0.4, -0.2) is 49.0 Å². The number of carbonyl (C=O) groups excluding carboxylic acids is 2. The van der Waals surface area contributed by atoms with Crippen LogP contribution in [0, 0.1) is 0 Å². The second-order valence-corrected chi connectivity index (χ2v) is 15.2. The fourth-order valence-corrected chi connectivity index (χ4v) is 7.46. The Morgan fingerprint density at radius 3 is 2.20 bits per heavy atom. The minimum Gasteiger partial charge on any atom is -0.478 e. The van der Waals surface area contributed by atoms with E-state index in [9.17, 15) is 19.5 Å². The number of hydrogen-bond acceptors (Lipinski definition) is 7. The number of halogens is 1. The predicted molar refractivity (Wildman–Crippen MR) is 239 cm³/mol. The average molecular weight is 832 g/mol. The van der Waals surface area contributed by atoms with Crippen LogP contribution in [0.25, 0.3) is 22.3 Å². The van der Waals surface area contributed by atoms with Crippen LogP contribution in [0.2, 0.25) is 5.02 Å². The summed E-state index contributed by atoms with van der Waals surface area (Å²) in [6.07, 6.45) is 13.9. The van der Waals surface area contributed by atoms with E-state index in [2.05, 4.69) is 22.9 Å². The summed E-state index contributed by atoms with van der Waals surface area (Å²) >= 11 is 6.66. The molecule has 2 amide bonds. The van der Waals surface area contributed by atoms with Gasteiger partial charge in [-0.05, 0) is 55.8 Å². The molecule has 1 atom stereocenters. The molecule has 0 aliphatic rings. The highest BCUT2D eigenvalue weighted by molar-refractivity contribution is 6.33. The summed E-state index contributed by atoms with van der Waals surface area (Å²) in [6.45, 7) is 4.73. The molecule has 2 aromatic heterocycles. The second-order valence-electron chi connectivity index (χ2n) is 14.8. The van der Waals surface area contributed by atoms with Crippen molar-refractivity contribution in [3.05, 3.63) is 120 Å². The largest absolute Gasteiger partial charge is 0.478 e. The fraction of sp³-hybridized carbons (Fsp3) is 0.340. The average Bonchev–Trinajstić information content (AvgIpc) is 3.86. The normalized spacial score (nSPS) is 11.7. The number of rotatable bonds is 23. The van der Waals surface area contributed by atoms with Gasteiger partial charge in [0, 0.05) is 30.4 Å². The number of aromatic carboxylic acids is 1. The van der Waals surface area contributed by atoms with Gasteiger partial charge in [0.15, 0.2) is 12.8 Å². The third-order valence-corrected chi connectivity index (χ3v) is 10.7. The van der Waals surface area contributed by atoms with Gasteiger partial charge < -0.3 is 30.4 Å². The maximum atomic E-state index is 14.5. The van der Waals surface area contributed by atoms with Gasteiger partial charge >= 0.3 is 5.97 Å². The molecule has 0 saturated carbocycles. The van der Waals surface area contributed by atoms with Gasteiger partial charge in [0.1, 0.15) is 22.8 Å². The minimum atomic E-state index is -1.18. The molecule has 6 aromatic rings. The lowest BCUT2D eigenvalue weighted by atomic mass is 10.1. The van der Waals surface area contributed by atoms with Gasteiger partial charge in [-0.1, -0.05) is 131 Å². The summed E-state index contributed by atoms with van der Waals surface area (Å²) in [7, 11) is 0. The number of imidazole rings is 1. The number of carbonyl (C=O) groups is 3. The molecular weight excluding hydrogens is 778 g/mol. The number of ether oxygens (including phenoxy) is 1. The monoisotopic (exact) mass is 831 g/mol. The Bertz CT molecular complexity index is 2360.